The normalized spacial score (nSPS) is 30.8. The van der Waals surface area contributed by atoms with E-state index in [0.29, 0.717) is 49.2 Å². The van der Waals surface area contributed by atoms with Crippen LogP contribution in [-0.2, 0) is 32.5 Å². The van der Waals surface area contributed by atoms with Crippen molar-refractivity contribution < 1.29 is 27.4 Å². The molecule has 3 heterocycles. The molecule has 0 spiro atoms. The van der Waals surface area contributed by atoms with Crippen LogP contribution < -0.4 is 14.4 Å². The number of nitrogens with one attached hydrogen (secondary N) is 1. The number of halogens is 1. The highest BCUT2D eigenvalue weighted by molar-refractivity contribution is 7.90. The van der Waals surface area contributed by atoms with Gasteiger partial charge in [0.1, 0.15) is 12.4 Å². The number of carbonyl (C=O) groups excluding carboxylic acids is 1. The fraction of sp³-hybridized carbons (Fsp3) is 0.583. The third-order valence-electron chi connectivity index (χ3n) is 10.5. The van der Waals surface area contributed by atoms with Gasteiger partial charge in [-0.15, -0.1) is 0 Å². The van der Waals surface area contributed by atoms with Gasteiger partial charge in [-0.1, -0.05) is 36.7 Å². The summed E-state index contributed by atoms with van der Waals surface area (Å²) in [4.78, 5) is 16.1. The molecule has 6 rings (SSSR count). The number of rotatable bonds is 3. The fourth-order valence-corrected chi connectivity index (χ4v) is 9.52. The molecule has 250 valence electrons. The van der Waals surface area contributed by atoms with Gasteiger partial charge in [0.15, 0.2) is 0 Å². The molecule has 0 unspecified atom stereocenters. The zero-order valence-corrected chi connectivity index (χ0v) is 28.5. The molecule has 2 fully saturated rings. The number of fused-ring (bicyclic) bond motifs is 3. The van der Waals surface area contributed by atoms with E-state index < -0.39 is 21.2 Å². The monoisotopic (exact) mass is 670 g/mol. The van der Waals surface area contributed by atoms with Crippen LogP contribution in [0, 0.1) is 17.8 Å². The smallest absolute Gasteiger partial charge is 0.264 e. The summed E-state index contributed by atoms with van der Waals surface area (Å²) in [7, 11) is -2.25. The molecule has 8 nitrogen and oxygen atoms in total. The number of sulfonamides is 1. The second-order valence-corrected chi connectivity index (χ2v) is 15.9. The van der Waals surface area contributed by atoms with E-state index in [0.717, 1.165) is 74.3 Å². The molecule has 10 heteroatoms. The van der Waals surface area contributed by atoms with Gasteiger partial charge in [-0.2, -0.15) is 0 Å². The van der Waals surface area contributed by atoms with Gasteiger partial charge in [-0.3, -0.25) is 4.79 Å². The van der Waals surface area contributed by atoms with Gasteiger partial charge in [0.05, 0.1) is 23.1 Å². The maximum Gasteiger partial charge on any atom is 0.264 e. The Balaban J connectivity index is 1.37. The molecule has 2 aromatic carbocycles. The average Bonchev–Trinajstić information content (AvgIpc) is 3.53. The van der Waals surface area contributed by atoms with Gasteiger partial charge in [-0.25, -0.2) is 13.1 Å². The van der Waals surface area contributed by atoms with Crippen LogP contribution in [0.15, 0.2) is 48.6 Å². The minimum Gasteiger partial charge on any atom is -0.487 e. The number of anilines is 1. The van der Waals surface area contributed by atoms with Crippen molar-refractivity contribution in [1.82, 2.24) is 4.72 Å². The number of methoxy groups -OCH3 is 1. The first kappa shape index (κ1) is 33.3. The molecule has 6 atom stereocenters. The van der Waals surface area contributed by atoms with Gasteiger partial charge in [0.25, 0.3) is 5.91 Å². The standard InChI is InChI=1S/C36H47ClN2O6S/c1-24-7-5-10-33(43-2)31-15-12-27(31)22-39-17-4-3-8-25-19-29(37)14-11-28(25)23-45-34-16-13-26(20-32(34)39)36(40)38-46(41,42)35(24)21-30-9-6-18-44-30/h5,10-11,13-14,16,19-20,24,27,30-31,33,35H,3-4,6-9,12,15,17-18,21-23H2,1-2H3,(H,38,40)/b10-5+/t24-,27-,30+,31+,33-,35-/m0/s1. The summed E-state index contributed by atoms with van der Waals surface area (Å²) in [6.45, 7) is 4.55. The molecule has 1 N–H and O–H groups in total. The lowest BCUT2D eigenvalue weighted by Gasteiger charge is -2.43. The van der Waals surface area contributed by atoms with E-state index in [1.54, 1.807) is 13.2 Å². The zero-order valence-electron chi connectivity index (χ0n) is 27.0. The van der Waals surface area contributed by atoms with E-state index in [1.807, 2.05) is 37.3 Å². The van der Waals surface area contributed by atoms with Crippen molar-refractivity contribution in [1.29, 1.82) is 0 Å². The molecule has 2 aromatic rings. The van der Waals surface area contributed by atoms with Crippen LogP contribution >= 0.6 is 11.6 Å². The Hall–Kier alpha value is -2.59. The Bertz CT molecular complexity index is 1520. The summed E-state index contributed by atoms with van der Waals surface area (Å²) in [6.07, 6.45) is 11.7. The molecule has 0 radical (unpaired) electrons. The van der Waals surface area contributed by atoms with Crippen LogP contribution in [-0.4, -0.2) is 58.6 Å². The Morgan fingerprint density at radius 2 is 1.93 bits per heavy atom. The van der Waals surface area contributed by atoms with Gasteiger partial charge in [0, 0.05) is 37.4 Å². The molecule has 1 saturated heterocycles. The molecular weight excluding hydrogens is 624 g/mol. The molecule has 1 aliphatic carbocycles. The number of nitrogens with zero attached hydrogens (tertiary/aromatic N) is 1. The third-order valence-corrected chi connectivity index (χ3v) is 12.6. The van der Waals surface area contributed by atoms with E-state index in [4.69, 9.17) is 25.8 Å². The largest absolute Gasteiger partial charge is 0.487 e. The van der Waals surface area contributed by atoms with Gasteiger partial charge in [-0.05, 0) is 117 Å². The highest BCUT2D eigenvalue weighted by Gasteiger charge is 2.39. The summed E-state index contributed by atoms with van der Waals surface area (Å²) >= 11 is 6.35. The summed E-state index contributed by atoms with van der Waals surface area (Å²) < 4.78 is 48.6. The Labute approximate surface area is 278 Å². The van der Waals surface area contributed by atoms with Crippen molar-refractivity contribution in [3.63, 3.8) is 0 Å². The fourth-order valence-electron chi connectivity index (χ4n) is 7.61. The van der Waals surface area contributed by atoms with E-state index >= 15 is 0 Å². The minimum absolute atomic E-state index is 0.0444. The van der Waals surface area contributed by atoms with E-state index in [1.165, 1.54) is 5.56 Å². The second-order valence-electron chi connectivity index (χ2n) is 13.5. The van der Waals surface area contributed by atoms with Crippen molar-refractivity contribution in [2.24, 2.45) is 17.8 Å². The lowest BCUT2D eigenvalue weighted by atomic mass is 9.70. The Morgan fingerprint density at radius 3 is 2.70 bits per heavy atom. The number of hydrogen-bond acceptors (Lipinski definition) is 7. The van der Waals surface area contributed by atoms with E-state index in [2.05, 4.69) is 21.8 Å². The van der Waals surface area contributed by atoms with Crippen LogP contribution in [0.25, 0.3) is 0 Å². The minimum atomic E-state index is -4.01. The number of aryl methyl sites for hydroxylation is 1. The maximum atomic E-state index is 13.9. The molecule has 4 aliphatic rings. The molecule has 1 amide bonds. The Kier molecular flexibility index (Phi) is 10.6. The SMILES string of the molecule is CO[C@H]1/C=C/C[C@H](C)[C@H](C[C@H]2CCCO2)S(=O)(=O)NC(=O)c2ccc3c(c2)N(CCCCc2cc(Cl)ccc2CO3)C[C@@H]2CC[C@H]21. The van der Waals surface area contributed by atoms with E-state index in [9.17, 15) is 13.2 Å². The Morgan fingerprint density at radius 1 is 1.07 bits per heavy atom. The lowest BCUT2D eigenvalue weighted by Crippen LogP contribution is -2.44. The molecule has 1 saturated carbocycles. The molecule has 3 aliphatic heterocycles. The maximum absolute atomic E-state index is 13.9. The zero-order chi connectivity index (χ0) is 32.3. The number of amides is 1. The summed E-state index contributed by atoms with van der Waals surface area (Å²) in [5.41, 5.74) is 3.39. The van der Waals surface area contributed by atoms with Crippen LogP contribution in [0.2, 0.25) is 5.02 Å². The van der Waals surface area contributed by atoms with Crippen LogP contribution in [0.3, 0.4) is 0 Å². The second kappa shape index (κ2) is 14.7. The topological polar surface area (TPSA) is 94.2 Å². The first-order chi connectivity index (χ1) is 22.2. The molecular formula is C36H47ClN2O6S. The summed E-state index contributed by atoms with van der Waals surface area (Å²) in [5.74, 6) is 0.607. The number of allylic oxidation sites excluding steroid dienone is 1. The number of ether oxygens (including phenoxy) is 3. The average molecular weight is 671 g/mol. The van der Waals surface area contributed by atoms with Crippen molar-refractivity contribution in [3.05, 3.63) is 70.3 Å². The van der Waals surface area contributed by atoms with Crippen molar-refractivity contribution in [2.75, 3.05) is 31.7 Å². The van der Waals surface area contributed by atoms with Crippen molar-refractivity contribution in [2.45, 2.75) is 88.8 Å². The quantitative estimate of drug-likeness (QED) is 0.364. The van der Waals surface area contributed by atoms with Crippen molar-refractivity contribution in [3.8, 4) is 5.75 Å². The predicted molar refractivity (Wildman–Crippen MR) is 181 cm³/mol. The summed E-state index contributed by atoms with van der Waals surface area (Å²) in [5, 5.41) is -0.0568. The van der Waals surface area contributed by atoms with Gasteiger partial charge < -0.3 is 19.1 Å². The van der Waals surface area contributed by atoms with Crippen molar-refractivity contribution >= 4 is 33.2 Å². The van der Waals surface area contributed by atoms with Crippen LogP contribution in [0.1, 0.15) is 79.8 Å². The third kappa shape index (κ3) is 7.59. The first-order valence-electron chi connectivity index (χ1n) is 16.9. The van der Waals surface area contributed by atoms with Gasteiger partial charge in [0.2, 0.25) is 10.0 Å². The molecule has 2 bridgehead atoms. The number of hydrogen-bond donors (Lipinski definition) is 1. The molecule has 0 aromatic heterocycles. The van der Waals surface area contributed by atoms with Crippen LogP contribution in [0.4, 0.5) is 5.69 Å². The first-order valence-corrected chi connectivity index (χ1v) is 18.8. The van der Waals surface area contributed by atoms with Crippen LogP contribution in [0.5, 0.6) is 5.75 Å². The highest BCUT2D eigenvalue weighted by Crippen LogP contribution is 2.42. The number of carbonyl (C=O) groups is 1. The lowest BCUT2D eigenvalue weighted by molar-refractivity contribution is 0.0134. The molecule has 46 heavy (non-hydrogen) atoms. The number of benzene rings is 2. The highest BCUT2D eigenvalue weighted by atomic mass is 35.5. The van der Waals surface area contributed by atoms with E-state index in [-0.39, 0.29) is 18.1 Å². The predicted octanol–water partition coefficient (Wildman–Crippen LogP) is 6.70. The van der Waals surface area contributed by atoms with Gasteiger partial charge >= 0.3 is 0 Å². The summed E-state index contributed by atoms with van der Waals surface area (Å²) in [6, 6.07) is 11.2.